The number of hydrogen-bond donors (Lipinski definition) is 1. The van der Waals surface area contributed by atoms with E-state index in [1.54, 1.807) is 12.4 Å². The first-order chi connectivity index (χ1) is 10.2. The molecule has 2 aromatic rings. The van der Waals surface area contributed by atoms with Crippen molar-refractivity contribution in [2.75, 3.05) is 5.73 Å². The summed E-state index contributed by atoms with van der Waals surface area (Å²) < 4.78 is 0. The molecule has 1 aliphatic rings. The van der Waals surface area contributed by atoms with Gasteiger partial charge < -0.3 is 10.6 Å². The van der Waals surface area contributed by atoms with Crippen molar-refractivity contribution in [3.8, 4) is 0 Å². The average molecular weight is 281 g/mol. The number of nitrogen functional groups attached to an aromatic ring is 1. The Morgan fingerprint density at radius 1 is 1.10 bits per heavy atom. The second kappa shape index (κ2) is 5.95. The van der Waals surface area contributed by atoms with Crippen molar-refractivity contribution >= 4 is 11.6 Å². The molecule has 1 heterocycles. The molecule has 0 saturated heterocycles. The fraction of sp³-hybridized carbons (Fsp3) is 0.294. The van der Waals surface area contributed by atoms with Crippen LogP contribution in [0.3, 0.4) is 0 Å². The van der Waals surface area contributed by atoms with Crippen molar-refractivity contribution in [1.29, 1.82) is 0 Å². The van der Waals surface area contributed by atoms with E-state index in [0.29, 0.717) is 19.0 Å². The number of nitrogens with zero attached hydrogens (tertiary/aromatic N) is 2. The van der Waals surface area contributed by atoms with E-state index in [9.17, 15) is 4.79 Å². The highest BCUT2D eigenvalue weighted by Gasteiger charge is 2.32. The van der Waals surface area contributed by atoms with Crippen LogP contribution in [0.2, 0.25) is 0 Å². The van der Waals surface area contributed by atoms with Gasteiger partial charge in [0.15, 0.2) is 0 Å². The molecule has 1 saturated carbocycles. The fourth-order valence-corrected chi connectivity index (χ4v) is 2.40. The Morgan fingerprint density at radius 3 is 2.38 bits per heavy atom. The Labute approximate surface area is 124 Å². The van der Waals surface area contributed by atoms with E-state index in [0.717, 1.165) is 29.7 Å². The molecule has 4 nitrogen and oxygen atoms in total. The van der Waals surface area contributed by atoms with Crippen molar-refractivity contribution in [2.45, 2.75) is 31.8 Å². The summed E-state index contributed by atoms with van der Waals surface area (Å²) in [5.74, 6) is 0.180. The van der Waals surface area contributed by atoms with Gasteiger partial charge in [0, 0.05) is 30.7 Å². The van der Waals surface area contributed by atoms with Crippen molar-refractivity contribution in [3.63, 3.8) is 0 Å². The number of carbonyl (C=O) groups is 1. The fourth-order valence-electron chi connectivity index (χ4n) is 2.40. The number of anilines is 1. The SMILES string of the molecule is Nc1ccc(CC(=O)N(Cc2ccncc2)C2CC2)cc1. The van der Waals surface area contributed by atoms with Gasteiger partial charge in [-0.1, -0.05) is 12.1 Å². The highest BCUT2D eigenvalue weighted by atomic mass is 16.2. The van der Waals surface area contributed by atoms with Gasteiger partial charge in [-0.25, -0.2) is 0 Å². The van der Waals surface area contributed by atoms with Crippen LogP contribution in [0.15, 0.2) is 48.8 Å². The quantitative estimate of drug-likeness (QED) is 0.856. The molecule has 0 aliphatic heterocycles. The zero-order valence-electron chi connectivity index (χ0n) is 11.9. The zero-order chi connectivity index (χ0) is 14.7. The molecule has 3 rings (SSSR count). The molecular formula is C17H19N3O. The Hall–Kier alpha value is -2.36. The first-order valence-electron chi connectivity index (χ1n) is 7.25. The average Bonchev–Trinajstić information content (AvgIpc) is 3.33. The largest absolute Gasteiger partial charge is 0.399 e. The van der Waals surface area contributed by atoms with E-state index >= 15 is 0 Å². The van der Waals surface area contributed by atoms with Gasteiger partial charge in [0.2, 0.25) is 5.91 Å². The van der Waals surface area contributed by atoms with E-state index in [4.69, 9.17) is 5.73 Å². The summed E-state index contributed by atoms with van der Waals surface area (Å²) in [6, 6.07) is 11.9. The van der Waals surface area contributed by atoms with Crippen LogP contribution in [0.25, 0.3) is 0 Å². The topological polar surface area (TPSA) is 59.2 Å². The van der Waals surface area contributed by atoms with Crippen LogP contribution in [0.1, 0.15) is 24.0 Å². The van der Waals surface area contributed by atoms with Crippen LogP contribution in [0, 0.1) is 0 Å². The molecule has 0 spiro atoms. The maximum absolute atomic E-state index is 12.6. The minimum atomic E-state index is 0.180. The molecule has 21 heavy (non-hydrogen) atoms. The Kier molecular flexibility index (Phi) is 3.86. The van der Waals surface area contributed by atoms with Gasteiger partial charge in [-0.2, -0.15) is 0 Å². The van der Waals surface area contributed by atoms with Gasteiger partial charge in [0.1, 0.15) is 0 Å². The lowest BCUT2D eigenvalue weighted by Crippen LogP contribution is -2.33. The van der Waals surface area contributed by atoms with Crippen LogP contribution in [-0.2, 0) is 17.8 Å². The van der Waals surface area contributed by atoms with Gasteiger partial charge in [-0.15, -0.1) is 0 Å². The zero-order valence-corrected chi connectivity index (χ0v) is 11.9. The molecule has 2 N–H and O–H groups in total. The lowest BCUT2D eigenvalue weighted by atomic mass is 10.1. The van der Waals surface area contributed by atoms with Gasteiger partial charge in [-0.3, -0.25) is 9.78 Å². The molecule has 1 aromatic carbocycles. The number of carbonyl (C=O) groups excluding carboxylic acids is 1. The lowest BCUT2D eigenvalue weighted by Gasteiger charge is -2.22. The third-order valence-electron chi connectivity index (χ3n) is 3.75. The van der Waals surface area contributed by atoms with Crippen LogP contribution in [-0.4, -0.2) is 21.8 Å². The summed E-state index contributed by atoms with van der Waals surface area (Å²) in [4.78, 5) is 18.6. The molecule has 0 unspecified atom stereocenters. The molecule has 1 aliphatic carbocycles. The van der Waals surface area contributed by atoms with Gasteiger partial charge in [0.05, 0.1) is 6.42 Å². The Balaban J connectivity index is 1.69. The minimum Gasteiger partial charge on any atom is -0.399 e. The third kappa shape index (κ3) is 3.60. The molecule has 4 heteroatoms. The summed E-state index contributed by atoms with van der Waals surface area (Å²) in [5, 5.41) is 0. The predicted molar refractivity (Wildman–Crippen MR) is 82.4 cm³/mol. The molecule has 1 fully saturated rings. The van der Waals surface area contributed by atoms with Gasteiger partial charge >= 0.3 is 0 Å². The van der Waals surface area contributed by atoms with Crippen LogP contribution >= 0.6 is 0 Å². The maximum atomic E-state index is 12.6. The summed E-state index contributed by atoms with van der Waals surface area (Å²) in [6.07, 6.45) is 6.19. The standard InChI is InChI=1S/C17H19N3O/c18-15-3-1-13(2-4-15)11-17(21)20(16-5-6-16)12-14-7-9-19-10-8-14/h1-4,7-10,16H,5-6,11-12,18H2. The summed E-state index contributed by atoms with van der Waals surface area (Å²) in [7, 11) is 0. The number of hydrogen-bond acceptors (Lipinski definition) is 3. The molecule has 1 amide bonds. The second-order valence-electron chi connectivity index (χ2n) is 5.53. The summed E-state index contributed by atoms with van der Waals surface area (Å²) in [5.41, 5.74) is 8.54. The van der Waals surface area contributed by atoms with Crippen molar-refractivity contribution in [2.24, 2.45) is 0 Å². The first kappa shape index (κ1) is 13.6. The van der Waals surface area contributed by atoms with Gasteiger partial charge in [-0.05, 0) is 48.2 Å². The number of aromatic nitrogens is 1. The van der Waals surface area contributed by atoms with Crippen LogP contribution < -0.4 is 5.73 Å². The lowest BCUT2D eigenvalue weighted by molar-refractivity contribution is -0.131. The van der Waals surface area contributed by atoms with Crippen molar-refractivity contribution in [1.82, 2.24) is 9.88 Å². The smallest absolute Gasteiger partial charge is 0.227 e. The Morgan fingerprint density at radius 2 is 1.76 bits per heavy atom. The molecule has 0 radical (unpaired) electrons. The number of rotatable bonds is 5. The predicted octanol–water partition coefficient (Wildman–Crippen LogP) is 2.40. The maximum Gasteiger partial charge on any atom is 0.227 e. The highest BCUT2D eigenvalue weighted by molar-refractivity contribution is 5.79. The summed E-state index contributed by atoms with van der Waals surface area (Å²) >= 11 is 0. The molecule has 108 valence electrons. The normalized spacial score (nSPS) is 13.9. The number of nitrogens with two attached hydrogens (primary N) is 1. The molecule has 0 bridgehead atoms. The van der Waals surface area contributed by atoms with Crippen molar-refractivity contribution < 1.29 is 4.79 Å². The molecule has 0 atom stereocenters. The van der Waals surface area contributed by atoms with E-state index in [1.807, 2.05) is 41.3 Å². The Bertz CT molecular complexity index is 606. The van der Waals surface area contributed by atoms with Crippen molar-refractivity contribution in [3.05, 3.63) is 59.9 Å². The second-order valence-corrected chi connectivity index (χ2v) is 5.53. The monoisotopic (exact) mass is 281 g/mol. The summed E-state index contributed by atoms with van der Waals surface area (Å²) in [6.45, 7) is 0.668. The van der Waals surface area contributed by atoms with E-state index in [2.05, 4.69) is 4.98 Å². The van der Waals surface area contributed by atoms with E-state index in [1.165, 1.54) is 0 Å². The molecular weight excluding hydrogens is 262 g/mol. The van der Waals surface area contributed by atoms with Crippen LogP contribution in [0.5, 0.6) is 0 Å². The van der Waals surface area contributed by atoms with E-state index in [-0.39, 0.29) is 5.91 Å². The number of pyridine rings is 1. The highest BCUT2D eigenvalue weighted by Crippen LogP contribution is 2.29. The third-order valence-corrected chi connectivity index (χ3v) is 3.75. The number of amides is 1. The van der Waals surface area contributed by atoms with Crippen LogP contribution in [0.4, 0.5) is 5.69 Å². The minimum absolute atomic E-state index is 0.180. The van der Waals surface area contributed by atoms with E-state index < -0.39 is 0 Å². The number of benzene rings is 1. The molecule has 1 aromatic heterocycles. The van der Waals surface area contributed by atoms with Gasteiger partial charge in [0.25, 0.3) is 0 Å². The first-order valence-corrected chi connectivity index (χ1v) is 7.25.